The van der Waals surface area contributed by atoms with Gasteiger partial charge >= 0.3 is 5.97 Å². The molecular weight excluding hydrogens is 254 g/mol. The number of carboxylic acids is 1. The van der Waals surface area contributed by atoms with Crippen LogP contribution in [0.5, 0.6) is 5.75 Å². The fourth-order valence-corrected chi connectivity index (χ4v) is 1.78. The largest absolute Gasteiger partial charge is 0.489 e. The molecule has 0 atom stereocenters. The zero-order chi connectivity index (χ0) is 14.5. The monoisotopic (exact) mass is 267 g/mol. The second kappa shape index (κ2) is 5.89. The molecule has 0 aliphatic rings. The number of hydrogen-bond donors (Lipinski definition) is 1. The second-order valence-corrected chi connectivity index (χ2v) is 4.38. The first-order valence-electron chi connectivity index (χ1n) is 6.06. The lowest BCUT2D eigenvalue weighted by atomic mass is 10.1. The molecule has 0 saturated heterocycles. The van der Waals surface area contributed by atoms with Crippen molar-refractivity contribution in [2.24, 2.45) is 0 Å². The van der Waals surface area contributed by atoms with Gasteiger partial charge in [0.25, 0.3) is 0 Å². The SMILES string of the molecule is Cc1cc(C(=O)O)ccc1OCc1ccc(C#N)cc1. The van der Waals surface area contributed by atoms with Crippen LogP contribution in [0.1, 0.15) is 27.0 Å². The zero-order valence-electron chi connectivity index (χ0n) is 11.0. The third-order valence-electron chi connectivity index (χ3n) is 2.90. The van der Waals surface area contributed by atoms with E-state index in [-0.39, 0.29) is 5.56 Å². The fourth-order valence-electron chi connectivity index (χ4n) is 1.78. The van der Waals surface area contributed by atoms with Gasteiger partial charge in [-0.2, -0.15) is 5.26 Å². The molecule has 0 heterocycles. The molecule has 0 bridgehead atoms. The highest BCUT2D eigenvalue weighted by Crippen LogP contribution is 2.20. The van der Waals surface area contributed by atoms with E-state index in [4.69, 9.17) is 15.1 Å². The van der Waals surface area contributed by atoms with Gasteiger partial charge in [0.15, 0.2) is 0 Å². The topological polar surface area (TPSA) is 70.3 Å². The van der Waals surface area contributed by atoms with Crippen LogP contribution >= 0.6 is 0 Å². The highest BCUT2D eigenvalue weighted by Gasteiger charge is 2.06. The first-order chi connectivity index (χ1) is 9.60. The van der Waals surface area contributed by atoms with E-state index in [0.717, 1.165) is 11.1 Å². The molecule has 0 amide bonds. The normalized spacial score (nSPS) is 9.80. The number of carbonyl (C=O) groups is 1. The molecule has 0 spiro atoms. The van der Waals surface area contributed by atoms with Crippen LogP contribution in [0, 0.1) is 18.3 Å². The van der Waals surface area contributed by atoms with E-state index in [1.807, 2.05) is 12.1 Å². The Morgan fingerprint density at radius 1 is 1.25 bits per heavy atom. The molecule has 0 unspecified atom stereocenters. The highest BCUT2D eigenvalue weighted by atomic mass is 16.5. The maximum atomic E-state index is 10.8. The summed E-state index contributed by atoms with van der Waals surface area (Å²) in [6.07, 6.45) is 0. The van der Waals surface area contributed by atoms with Gasteiger partial charge in [0.1, 0.15) is 12.4 Å². The molecule has 1 N–H and O–H groups in total. The summed E-state index contributed by atoms with van der Waals surface area (Å²) in [6, 6.07) is 13.9. The summed E-state index contributed by atoms with van der Waals surface area (Å²) in [7, 11) is 0. The summed E-state index contributed by atoms with van der Waals surface area (Å²) in [6.45, 7) is 2.18. The first-order valence-corrected chi connectivity index (χ1v) is 6.06. The molecule has 2 aromatic rings. The summed E-state index contributed by atoms with van der Waals surface area (Å²) in [4.78, 5) is 10.8. The van der Waals surface area contributed by atoms with Gasteiger partial charge in [-0.15, -0.1) is 0 Å². The van der Waals surface area contributed by atoms with Gasteiger partial charge in [-0.1, -0.05) is 12.1 Å². The van der Waals surface area contributed by atoms with Crippen molar-refractivity contribution in [3.63, 3.8) is 0 Å². The Morgan fingerprint density at radius 2 is 1.95 bits per heavy atom. The molecule has 2 aromatic carbocycles. The molecule has 0 fully saturated rings. The zero-order valence-corrected chi connectivity index (χ0v) is 11.0. The van der Waals surface area contributed by atoms with Crippen molar-refractivity contribution in [3.8, 4) is 11.8 Å². The number of aryl methyl sites for hydroxylation is 1. The average molecular weight is 267 g/mol. The van der Waals surface area contributed by atoms with E-state index in [1.165, 1.54) is 6.07 Å². The third-order valence-corrected chi connectivity index (χ3v) is 2.90. The Hall–Kier alpha value is -2.80. The van der Waals surface area contributed by atoms with Crippen LogP contribution in [-0.2, 0) is 6.61 Å². The van der Waals surface area contributed by atoms with Gasteiger partial charge in [-0.3, -0.25) is 0 Å². The summed E-state index contributed by atoms with van der Waals surface area (Å²) >= 11 is 0. The standard InChI is InChI=1S/C16H13NO3/c1-11-8-14(16(18)19)6-7-15(11)20-10-13-4-2-12(9-17)3-5-13/h2-8H,10H2,1H3,(H,18,19). The van der Waals surface area contributed by atoms with E-state index in [0.29, 0.717) is 17.9 Å². The molecule has 4 heteroatoms. The lowest BCUT2D eigenvalue weighted by molar-refractivity contribution is 0.0696. The first kappa shape index (κ1) is 13.6. The predicted molar refractivity (Wildman–Crippen MR) is 73.6 cm³/mol. The molecule has 20 heavy (non-hydrogen) atoms. The molecule has 0 aliphatic heterocycles. The summed E-state index contributed by atoms with van der Waals surface area (Å²) < 4.78 is 5.66. The summed E-state index contributed by atoms with van der Waals surface area (Å²) in [5.41, 5.74) is 2.58. The third kappa shape index (κ3) is 3.15. The Bertz CT molecular complexity index is 669. The van der Waals surface area contributed by atoms with E-state index in [2.05, 4.69) is 6.07 Å². The number of nitrogens with zero attached hydrogens (tertiary/aromatic N) is 1. The van der Waals surface area contributed by atoms with Gasteiger partial charge in [-0.05, 0) is 48.4 Å². The predicted octanol–water partition coefficient (Wildman–Crippen LogP) is 3.14. The van der Waals surface area contributed by atoms with Crippen molar-refractivity contribution < 1.29 is 14.6 Å². The Kier molecular flexibility index (Phi) is 4.02. The van der Waals surface area contributed by atoms with Crippen molar-refractivity contribution in [1.29, 1.82) is 5.26 Å². The van der Waals surface area contributed by atoms with Gasteiger partial charge in [0.05, 0.1) is 17.2 Å². The molecule has 0 aromatic heterocycles. The Labute approximate surface area is 116 Å². The van der Waals surface area contributed by atoms with Crippen LogP contribution in [-0.4, -0.2) is 11.1 Å². The van der Waals surface area contributed by atoms with Gasteiger partial charge in [0.2, 0.25) is 0 Å². The number of aromatic carboxylic acids is 1. The second-order valence-electron chi connectivity index (χ2n) is 4.38. The lowest BCUT2D eigenvalue weighted by Crippen LogP contribution is -2.00. The van der Waals surface area contributed by atoms with E-state index < -0.39 is 5.97 Å². The van der Waals surface area contributed by atoms with Crippen LogP contribution in [0.2, 0.25) is 0 Å². The minimum Gasteiger partial charge on any atom is -0.489 e. The lowest BCUT2D eigenvalue weighted by Gasteiger charge is -2.09. The van der Waals surface area contributed by atoms with Crippen LogP contribution in [0.4, 0.5) is 0 Å². The average Bonchev–Trinajstić information content (AvgIpc) is 2.46. The molecule has 100 valence electrons. The van der Waals surface area contributed by atoms with Crippen molar-refractivity contribution >= 4 is 5.97 Å². The number of carboxylic acid groups (broad SMARTS) is 1. The van der Waals surface area contributed by atoms with Gasteiger partial charge < -0.3 is 9.84 Å². The van der Waals surface area contributed by atoms with Gasteiger partial charge in [-0.25, -0.2) is 4.79 Å². The minimum atomic E-state index is -0.952. The maximum Gasteiger partial charge on any atom is 0.335 e. The van der Waals surface area contributed by atoms with E-state index in [1.54, 1.807) is 31.2 Å². The molecular formula is C16H13NO3. The van der Waals surface area contributed by atoms with Gasteiger partial charge in [0, 0.05) is 0 Å². The molecule has 0 saturated carbocycles. The van der Waals surface area contributed by atoms with E-state index in [9.17, 15) is 4.79 Å². The number of hydrogen-bond acceptors (Lipinski definition) is 3. The number of benzene rings is 2. The van der Waals surface area contributed by atoms with Crippen molar-refractivity contribution in [2.75, 3.05) is 0 Å². The molecule has 0 aliphatic carbocycles. The summed E-state index contributed by atoms with van der Waals surface area (Å²) in [5.74, 6) is -0.300. The Morgan fingerprint density at radius 3 is 2.50 bits per heavy atom. The van der Waals surface area contributed by atoms with Crippen LogP contribution in [0.25, 0.3) is 0 Å². The molecule has 2 rings (SSSR count). The maximum absolute atomic E-state index is 10.8. The molecule has 0 radical (unpaired) electrons. The quantitative estimate of drug-likeness (QED) is 0.923. The van der Waals surface area contributed by atoms with Crippen molar-refractivity contribution in [1.82, 2.24) is 0 Å². The minimum absolute atomic E-state index is 0.244. The molecule has 4 nitrogen and oxygen atoms in total. The summed E-state index contributed by atoms with van der Waals surface area (Å²) in [5, 5.41) is 17.6. The number of nitriles is 1. The van der Waals surface area contributed by atoms with Crippen LogP contribution in [0.3, 0.4) is 0 Å². The van der Waals surface area contributed by atoms with Crippen LogP contribution < -0.4 is 4.74 Å². The van der Waals surface area contributed by atoms with Crippen molar-refractivity contribution in [2.45, 2.75) is 13.5 Å². The number of ether oxygens (including phenoxy) is 1. The van der Waals surface area contributed by atoms with Crippen LogP contribution in [0.15, 0.2) is 42.5 Å². The fraction of sp³-hybridized carbons (Fsp3) is 0.125. The van der Waals surface area contributed by atoms with Crippen molar-refractivity contribution in [3.05, 3.63) is 64.7 Å². The smallest absolute Gasteiger partial charge is 0.335 e. The highest BCUT2D eigenvalue weighted by molar-refractivity contribution is 5.88. The Balaban J connectivity index is 2.07. The number of rotatable bonds is 4. The van der Waals surface area contributed by atoms with E-state index >= 15 is 0 Å².